The molecule has 4 heteroatoms. The molecule has 4 nitrogen and oxygen atoms in total. The Bertz CT molecular complexity index is 716. The molecule has 150 valence electrons. The van der Waals surface area contributed by atoms with E-state index in [0.717, 1.165) is 30.4 Å². The van der Waals surface area contributed by atoms with Crippen LogP contribution in [-0.2, 0) is 22.6 Å². The van der Waals surface area contributed by atoms with E-state index < -0.39 is 6.04 Å². The smallest absolute Gasteiger partial charge is 0.243 e. The van der Waals surface area contributed by atoms with Crippen LogP contribution < -0.4 is 5.32 Å². The molecule has 2 amide bonds. The van der Waals surface area contributed by atoms with E-state index >= 15 is 0 Å². The van der Waals surface area contributed by atoms with Crippen LogP contribution in [0.2, 0.25) is 0 Å². The zero-order chi connectivity index (χ0) is 20.2. The Hall–Kier alpha value is -2.62. The van der Waals surface area contributed by atoms with E-state index in [-0.39, 0.29) is 11.8 Å². The number of carbonyl (C=O) groups excluding carboxylic acids is 2. The lowest BCUT2D eigenvalue weighted by molar-refractivity contribution is -0.141. The number of carbonyl (C=O) groups is 2. The molecule has 2 aromatic rings. The van der Waals surface area contributed by atoms with Crippen LogP contribution in [-0.4, -0.2) is 29.3 Å². The second-order valence-corrected chi connectivity index (χ2v) is 7.11. The zero-order valence-corrected chi connectivity index (χ0v) is 17.1. The molecule has 0 saturated heterocycles. The van der Waals surface area contributed by atoms with Crippen molar-refractivity contribution in [3.63, 3.8) is 0 Å². The Labute approximate surface area is 169 Å². The lowest BCUT2D eigenvalue weighted by atomic mass is 10.0. The molecule has 0 radical (unpaired) electrons. The fourth-order valence-electron chi connectivity index (χ4n) is 3.20. The van der Waals surface area contributed by atoms with Gasteiger partial charge in [0.25, 0.3) is 0 Å². The van der Waals surface area contributed by atoms with Gasteiger partial charge in [-0.3, -0.25) is 9.59 Å². The molecule has 0 aliphatic heterocycles. The van der Waals surface area contributed by atoms with Gasteiger partial charge in [-0.15, -0.1) is 0 Å². The first kappa shape index (κ1) is 21.7. The van der Waals surface area contributed by atoms with Crippen LogP contribution in [0.3, 0.4) is 0 Å². The van der Waals surface area contributed by atoms with E-state index in [4.69, 9.17) is 0 Å². The molecule has 1 N–H and O–H groups in total. The molecule has 0 bridgehead atoms. The van der Waals surface area contributed by atoms with Crippen molar-refractivity contribution >= 4 is 11.8 Å². The average molecular weight is 381 g/mol. The molecule has 0 aromatic heterocycles. The van der Waals surface area contributed by atoms with Gasteiger partial charge >= 0.3 is 0 Å². The van der Waals surface area contributed by atoms with Crippen molar-refractivity contribution in [3.05, 3.63) is 71.8 Å². The fourth-order valence-corrected chi connectivity index (χ4v) is 3.20. The molecule has 0 saturated carbocycles. The topological polar surface area (TPSA) is 49.4 Å². The Morgan fingerprint density at radius 3 is 2.07 bits per heavy atom. The maximum absolute atomic E-state index is 13.1. The summed E-state index contributed by atoms with van der Waals surface area (Å²) in [4.78, 5) is 27.8. The summed E-state index contributed by atoms with van der Waals surface area (Å²) in [6.45, 7) is 5.17. The molecular weight excluding hydrogens is 348 g/mol. The summed E-state index contributed by atoms with van der Waals surface area (Å²) in [6.07, 6.45) is 3.68. The average Bonchev–Trinajstić information content (AvgIpc) is 2.72. The minimum Gasteiger partial charge on any atom is -0.354 e. The van der Waals surface area contributed by atoms with Crippen molar-refractivity contribution in [2.75, 3.05) is 6.54 Å². The largest absolute Gasteiger partial charge is 0.354 e. The Balaban J connectivity index is 2.28. The Morgan fingerprint density at radius 2 is 1.50 bits per heavy atom. The van der Waals surface area contributed by atoms with E-state index in [1.54, 1.807) is 4.90 Å². The molecular formula is C24H32N2O2. The standard InChI is InChI=1S/C24H32N2O2/c1-3-5-17-25-24(28)22(18-20-13-8-6-9-14-20)26(23(27)12-4-2)19-21-15-10-7-11-16-21/h6-11,13-16,22H,3-5,12,17-19H2,1-2H3,(H,25,28)/t22-/m0/s1. The number of hydrogen-bond acceptors (Lipinski definition) is 2. The van der Waals surface area contributed by atoms with Crippen LogP contribution in [0.4, 0.5) is 0 Å². The summed E-state index contributed by atoms with van der Waals surface area (Å²) in [5.41, 5.74) is 2.09. The van der Waals surface area contributed by atoms with Gasteiger partial charge in [-0.2, -0.15) is 0 Å². The van der Waals surface area contributed by atoms with Crippen LogP contribution in [0.1, 0.15) is 50.7 Å². The van der Waals surface area contributed by atoms with E-state index in [0.29, 0.717) is 25.9 Å². The molecule has 0 aliphatic carbocycles. The van der Waals surface area contributed by atoms with E-state index in [1.165, 1.54) is 0 Å². The Kier molecular flexibility index (Phi) is 9.26. The molecule has 2 aromatic carbocycles. The van der Waals surface area contributed by atoms with Crippen molar-refractivity contribution in [3.8, 4) is 0 Å². The number of hydrogen-bond donors (Lipinski definition) is 1. The monoisotopic (exact) mass is 380 g/mol. The fraction of sp³-hybridized carbons (Fsp3) is 0.417. The first-order valence-electron chi connectivity index (χ1n) is 10.3. The predicted octanol–water partition coefficient (Wildman–Crippen LogP) is 4.34. The molecule has 0 fully saturated rings. The van der Waals surface area contributed by atoms with E-state index in [1.807, 2.05) is 67.6 Å². The number of benzene rings is 2. The van der Waals surface area contributed by atoms with Crippen LogP contribution in [0.15, 0.2) is 60.7 Å². The van der Waals surface area contributed by atoms with Crippen LogP contribution in [0.5, 0.6) is 0 Å². The minimum atomic E-state index is -0.515. The van der Waals surface area contributed by atoms with Gasteiger partial charge < -0.3 is 10.2 Å². The van der Waals surface area contributed by atoms with Crippen LogP contribution in [0.25, 0.3) is 0 Å². The quantitative estimate of drug-likeness (QED) is 0.590. The summed E-state index contributed by atoms with van der Waals surface area (Å²) in [7, 11) is 0. The molecule has 0 heterocycles. The van der Waals surface area contributed by atoms with Gasteiger partial charge in [-0.1, -0.05) is 80.9 Å². The number of rotatable bonds is 11. The summed E-state index contributed by atoms with van der Waals surface area (Å²) >= 11 is 0. The summed E-state index contributed by atoms with van der Waals surface area (Å²) in [5.74, 6) is -0.0457. The van der Waals surface area contributed by atoms with Gasteiger partial charge in [0.1, 0.15) is 6.04 Å². The van der Waals surface area contributed by atoms with Gasteiger partial charge in [-0.05, 0) is 24.0 Å². The molecule has 0 unspecified atom stereocenters. The third-order valence-electron chi connectivity index (χ3n) is 4.76. The highest BCUT2D eigenvalue weighted by Crippen LogP contribution is 2.16. The van der Waals surface area contributed by atoms with Gasteiger partial charge in [-0.25, -0.2) is 0 Å². The maximum Gasteiger partial charge on any atom is 0.243 e. The highest BCUT2D eigenvalue weighted by atomic mass is 16.2. The van der Waals surface area contributed by atoms with Gasteiger partial charge in [0, 0.05) is 25.9 Å². The first-order valence-corrected chi connectivity index (χ1v) is 10.3. The number of nitrogens with zero attached hydrogens (tertiary/aromatic N) is 1. The van der Waals surface area contributed by atoms with Crippen molar-refractivity contribution < 1.29 is 9.59 Å². The molecule has 0 spiro atoms. The van der Waals surface area contributed by atoms with Gasteiger partial charge in [0.05, 0.1) is 0 Å². The number of amides is 2. The SMILES string of the molecule is CCCCNC(=O)[C@H](Cc1ccccc1)N(Cc1ccccc1)C(=O)CCC. The number of nitrogens with one attached hydrogen (secondary N) is 1. The Morgan fingerprint density at radius 1 is 0.893 bits per heavy atom. The highest BCUT2D eigenvalue weighted by Gasteiger charge is 2.29. The van der Waals surface area contributed by atoms with Gasteiger partial charge in [0.2, 0.25) is 11.8 Å². The summed E-state index contributed by atoms with van der Waals surface area (Å²) in [6, 6.07) is 19.3. The predicted molar refractivity (Wildman–Crippen MR) is 114 cm³/mol. The van der Waals surface area contributed by atoms with Crippen molar-refractivity contribution in [1.29, 1.82) is 0 Å². The number of unbranched alkanes of at least 4 members (excludes halogenated alkanes) is 1. The van der Waals surface area contributed by atoms with Crippen molar-refractivity contribution in [1.82, 2.24) is 10.2 Å². The third-order valence-corrected chi connectivity index (χ3v) is 4.76. The summed E-state index contributed by atoms with van der Waals surface area (Å²) in [5, 5.41) is 3.03. The second-order valence-electron chi connectivity index (χ2n) is 7.11. The highest BCUT2D eigenvalue weighted by molar-refractivity contribution is 5.88. The normalized spacial score (nSPS) is 11.6. The third kappa shape index (κ3) is 6.84. The van der Waals surface area contributed by atoms with Crippen LogP contribution in [0, 0.1) is 0 Å². The van der Waals surface area contributed by atoms with Crippen molar-refractivity contribution in [2.45, 2.75) is 58.5 Å². The van der Waals surface area contributed by atoms with Gasteiger partial charge in [0.15, 0.2) is 0 Å². The second kappa shape index (κ2) is 12.0. The van der Waals surface area contributed by atoms with Crippen molar-refractivity contribution in [2.24, 2.45) is 0 Å². The minimum absolute atomic E-state index is 0.0259. The molecule has 2 rings (SSSR count). The maximum atomic E-state index is 13.1. The lowest BCUT2D eigenvalue weighted by Gasteiger charge is -2.31. The summed E-state index contributed by atoms with van der Waals surface area (Å²) < 4.78 is 0. The molecule has 1 atom stereocenters. The zero-order valence-electron chi connectivity index (χ0n) is 17.1. The first-order chi connectivity index (χ1) is 13.7. The molecule has 28 heavy (non-hydrogen) atoms. The van der Waals surface area contributed by atoms with Crippen LogP contribution >= 0.6 is 0 Å². The van der Waals surface area contributed by atoms with E-state index in [2.05, 4.69) is 12.2 Å². The van der Waals surface area contributed by atoms with E-state index in [9.17, 15) is 9.59 Å². The molecule has 0 aliphatic rings. The lowest BCUT2D eigenvalue weighted by Crippen LogP contribution is -2.50.